The molecule has 3 fully saturated rings. The number of methoxy groups -OCH3 is 1. The summed E-state index contributed by atoms with van der Waals surface area (Å²) in [4.78, 5) is 42.3. The maximum absolute atomic E-state index is 13.8. The van der Waals surface area contributed by atoms with E-state index in [0.717, 1.165) is 81.9 Å². The van der Waals surface area contributed by atoms with Gasteiger partial charge in [-0.05, 0) is 117 Å². The third-order valence-electron chi connectivity index (χ3n) is 13.7. The molecule has 47 heavy (non-hydrogen) atoms. The van der Waals surface area contributed by atoms with Crippen molar-refractivity contribution in [3.8, 4) is 0 Å². The van der Waals surface area contributed by atoms with Gasteiger partial charge in [0.25, 0.3) is 0 Å². The number of imidazole rings is 1. The van der Waals surface area contributed by atoms with Gasteiger partial charge in [0.1, 0.15) is 0 Å². The minimum Gasteiger partial charge on any atom is -0.504 e. The van der Waals surface area contributed by atoms with Gasteiger partial charge in [-0.2, -0.15) is 0 Å². The van der Waals surface area contributed by atoms with Crippen LogP contribution in [0.1, 0.15) is 116 Å². The predicted molar refractivity (Wildman–Crippen MR) is 179 cm³/mol. The lowest BCUT2D eigenvalue weighted by Gasteiger charge is -2.70. The Morgan fingerprint density at radius 3 is 2.49 bits per heavy atom. The number of fused-ring (bicyclic) bond motifs is 7. The molecule has 0 aliphatic heterocycles. The lowest BCUT2D eigenvalue weighted by molar-refractivity contribution is -0.182. The van der Waals surface area contributed by atoms with Crippen LogP contribution in [0.2, 0.25) is 0 Å². The van der Waals surface area contributed by atoms with E-state index in [2.05, 4.69) is 51.8 Å². The highest BCUT2D eigenvalue weighted by molar-refractivity contribution is 6.06. The van der Waals surface area contributed by atoms with Gasteiger partial charge in [-0.3, -0.25) is 9.59 Å². The Hall–Kier alpha value is -3.42. The quantitative estimate of drug-likeness (QED) is 0.226. The number of carbonyl (C=O) groups is 3. The molecular formula is C39H52N2O6. The second-order valence-corrected chi connectivity index (χ2v) is 16.3. The number of carbonyl (C=O) groups excluding carboxylic acids is 3. The van der Waals surface area contributed by atoms with E-state index in [4.69, 9.17) is 9.47 Å². The van der Waals surface area contributed by atoms with Crippen molar-refractivity contribution in [1.29, 1.82) is 0 Å². The summed E-state index contributed by atoms with van der Waals surface area (Å²) in [6.45, 7) is 14.8. The van der Waals surface area contributed by atoms with Crippen LogP contribution < -0.4 is 0 Å². The first-order valence-corrected chi connectivity index (χ1v) is 17.5. The summed E-state index contributed by atoms with van der Waals surface area (Å²) in [5.74, 6) is -0.563. The van der Waals surface area contributed by atoms with Crippen LogP contribution in [-0.4, -0.2) is 46.1 Å². The number of ether oxygens (including phenoxy) is 2. The van der Waals surface area contributed by atoms with Gasteiger partial charge in [-0.1, -0.05) is 45.4 Å². The molecule has 8 nitrogen and oxygen atoms in total. The lowest BCUT2D eigenvalue weighted by atomic mass is 9.34. The van der Waals surface area contributed by atoms with Crippen molar-refractivity contribution in [3.05, 3.63) is 64.5 Å². The van der Waals surface area contributed by atoms with E-state index >= 15 is 0 Å². The lowest BCUT2D eigenvalue weighted by Crippen LogP contribution is -2.62. The fraction of sp³-hybridized carbons (Fsp3) is 0.641. The fourth-order valence-electron chi connectivity index (χ4n) is 10.2. The van der Waals surface area contributed by atoms with Crippen molar-refractivity contribution in [2.45, 2.75) is 112 Å². The zero-order valence-electron chi connectivity index (χ0n) is 29.3. The first-order chi connectivity index (χ1) is 22.1. The number of aryl methyl sites for hydroxylation is 1. The number of esters is 2. The minimum absolute atomic E-state index is 0.00798. The SMILES string of the molecule is COC(=O)c1cn(CCCCCOC(=O)[C@]2(C)CC[C@]3(C)CC[C@]4(C)C5=CC=C6C(=CC(=O)C(O)=C6C)[C@]5(C)CC[C@@]4(C)[C@@H]3C2)cn1. The van der Waals surface area contributed by atoms with E-state index < -0.39 is 11.4 Å². The number of hydrogen-bond donors (Lipinski definition) is 1. The second kappa shape index (κ2) is 11.6. The molecule has 0 amide bonds. The largest absolute Gasteiger partial charge is 0.504 e. The van der Waals surface area contributed by atoms with Gasteiger partial charge in [0.05, 0.1) is 25.5 Å². The molecule has 0 spiro atoms. The number of rotatable bonds is 8. The van der Waals surface area contributed by atoms with Crippen molar-refractivity contribution in [3.63, 3.8) is 0 Å². The highest BCUT2D eigenvalue weighted by Crippen LogP contribution is 2.75. The summed E-state index contributed by atoms with van der Waals surface area (Å²) in [5, 5.41) is 10.4. The summed E-state index contributed by atoms with van der Waals surface area (Å²) >= 11 is 0. The Morgan fingerprint density at radius 1 is 1.00 bits per heavy atom. The molecule has 0 bridgehead atoms. The number of aromatic nitrogens is 2. The number of unbranched alkanes of at least 4 members (excludes halogenated alkanes) is 2. The molecule has 8 heteroatoms. The van der Waals surface area contributed by atoms with Gasteiger partial charge in [0.2, 0.25) is 5.78 Å². The molecule has 6 rings (SSSR count). The zero-order valence-corrected chi connectivity index (χ0v) is 29.3. The smallest absolute Gasteiger partial charge is 0.358 e. The van der Waals surface area contributed by atoms with Crippen molar-refractivity contribution >= 4 is 17.7 Å². The average molecular weight is 645 g/mol. The van der Waals surface area contributed by atoms with Crippen LogP contribution in [0.15, 0.2) is 58.8 Å². The first kappa shape index (κ1) is 33.5. The molecule has 254 valence electrons. The summed E-state index contributed by atoms with van der Waals surface area (Å²) < 4.78 is 12.6. The van der Waals surface area contributed by atoms with Crippen LogP contribution in [0, 0.1) is 33.0 Å². The van der Waals surface area contributed by atoms with Crippen LogP contribution in [0.4, 0.5) is 0 Å². The molecule has 6 atom stereocenters. The maximum Gasteiger partial charge on any atom is 0.358 e. The molecule has 0 aromatic carbocycles. The third kappa shape index (κ3) is 5.16. The molecule has 1 heterocycles. The first-order valence-electron chi connectivity index (χ1n) is 17.5. The van der Waals surface area contributed by atoms with Gasteiger partial charge in [-0.15, -0.1) is 0 Å². The highest BCUT2D eigenvalue weighted by atomic mass is 16.5. The molecule has 0 radical (unpaired) electrons. The average Bonchev–Trinajstić information content (AvgIpc) is 3.52. The number of allylic oxidation sites excluding steroid dienone is 7. The zero-order chi connectivity index (χ0) is 34.0. The minimum atomic E-state index is -0.515. The number of ketones is 1. The number of aliphatic hydroxyl groups is 1. The van der Waals surface area contributed by atoms with Crippen LogP contribution in [0.3, 0.4) is 0 Å². The van der Waals surface area contributed by atoms with Gasteiger partial charge in [0, 0.05) is 23.7 Å². The predicted octanol–water partition coefficient (Wildman–Crippen LogP) is 8.01. The van der Waals surface area contributed by atoms with Crippen molar-refractivity contribution in [2.24, 2.45) is 33.0 Å². The van der Waals surface area contributed by atoms with Crippen LogP contribution in [0.25, 0.3) is 0 Å². The van der Waals surface area contributed by atoms with Crippen LogP contribution in [0.5, 0.6) is 0 Å². The maximum atomic E-state index is 13.8. The van der Waals surface area contributed by atoms with E-state index in [1.807, 2.05) is 11.5 Å². The molecule has 3 saturated carbocycles. The Morgan fingerprint density at radius 2 is 1.74 bits per heavy atom. The summed E-state index contributed by atoms with van der Waals surface area (Å²) in [6.07, 6.45) is 18.9. The molecule has 5 aliphatic carbocycles. The van der Waals surface area contributed by atoms with Gasteiger partial charge in [-0.25, -0.2) is 9.78 Å². The van der Waals surface area contributed by atoms with E-state index in [0.29, 0.717) is 23.8 Å². The second-order valence-electron chi connectivity index (χ2n) is 16.3. The monoisotopic (exact) mass is 644 g/mol. The summed E-state index contributed by atoms with van der Waals surface area (Å²) in [5.41, 5.74) is 3.74. The molecule has 1 aromatic rings. The van der Waals surface area contributed by atoms with Crippen molar-refractivity contribution < 1.29 is 29.0 Å². The normalized spacial score (nSPS) is 36.2. The van der Waals surface area contributed by atoms with Gasteiger partial charge in [0.15, 0.2) is 11.5 Å². The van der Waals surface area contributed by atoms with E-state index in [1.54, 1.807) is 18.6 Å². The van der Waals surface area contributed by atoms with Crippen LogP contribution >= 0.6 is 0 Å². The standard InChI is InChI=1S/C39H52N2O6/c1-25-26-11-12-30-37(4,27(26)21-29(42)32(25)43)16-18-39(6)31-22-36(3,14-13-35(31,2)15-17-38(30,39)5)34(45)47-20-10-8-9-19-41-23-28(40-24-41)33(44)46-7/h11-12,21,23-24,31,43H,8-10,13-20,22H2,1-7H3/t31-,35-,36-,37+,38-,39+/m1/s1. The Bertz CT molecular complexity index is 1630. The molecule has 5 aliphatic rings. The molecule has 1 N–H and O–H groups in total. The highest BCUT2D eigenvalue weighted by Gasteiger charge is 2.67. The van der Waals surface area contributed by atoms with E-state index in [-0.39, 0.29) is 39.2 Å². The number of nitrogens with zero attached hydrogens (tertiary/aromatic N) is 2. The van der Waals surface area contributed by atoms with Crippen molar-refractivity contribution in [1.82, 2.24) is 9.55 Å². The van der Waals surface area contributed by atoms with Gasteiger partial charge < -0.3 is 19.1 Å². The molecule has 1 aromatic heterocycles. The summed E-state index contributed by atoms with van der Waals surface area (Å²) in [7, 11) is 1.35. The Kier molecular flexibility index (Phi) is 8.28. The molecule has 0 unspecified atom stereocenters. The van der Waals surface area contributed by atoms with E-state index in [9.17, 15) is 19.5 Å². The summed E-state index contributed by atoms with van der Waals surface area (Å²) in [6, 6.07) is 0. The third-order valence-corrected chi connectivity index (χ3v) is 13.7. The fourth-order valence-corrected chi connectivity index (χ4v) is 10.2. The Labute approximate surface area is 279 Å². The molecule has 0 saturated heterocycles. The topological polar surface area (TPSA) is 108 Å². The van der Waals surface area contributed by atoms with Gasteiger partial charge >= 0.3 is 11.9 Å². The number of aliphatic hydroxyl groups excluding tert-OH is 1. The van der Waals surface area contributed by atoms with E-state index in [1.165, 1.54) is 12.7 Å². The molecular weight excluding hydrogens is 592 g/mol. The van der Waals surface area contributed by atoms with Crippen molar-refractivity contribution in [2.75, 3.05) is 13.7 Å². The Balaban J connectivity index is 1.13. The number of hydrogen-bond acceptors (Lipinski definition) is 7. The van der Waals surface area contributed by atoms with Crippen LogP contribution in [-0.2, 0) is 25.6 Å².